The van der Waals surface area contributed by atoms with Crippen LogP contribution < -0.4 is 0 Å². The van der Waals surface area contributed by atoms with Crippen molar-refractivity contribution in [2.24, 2.45) is 5.92 Å². The summed E-state index contributed by atoms with van der Waals surface area (Å²) in [6, 6.07) is 0.248. The molecule has 4 rings (SSSR count). The van der Waals surface area contributed by atoms with Gasteiger partial charge in [0.2, 0.25) is 5.91 Å². The topological polar surface area (TPSA) is 56.8 Å². The Hall–Kier alpha value is -1.47. The molecule has 2 atom stereocenters. The molecule has 0 bridgehead atoms. The number of hydrogen-bond donors (Lipinski definition) is 0. The van der Waals surface area contributed by atoms with E-state index in [0.29, 0.717) is 18.0 Å². The van der Waals surface area contributed by atoms with Crippen LogP contribution in [0.5, 0.6) is 0 Å². The number of rotatable bonds is 3. The number of aromatic nitrogens is 1. The van der Waals surface area contributed by atoms with Gasteiger partial charge in [-0.3, -0.25) is 9.59 Å². The Labute approximate surface area is 146 Å². The molecule has 0 aromatic carbocycles. The maximum Gasteiger partial charge on any atom is 0.273 e. The maximum atomic E-state index is 12.6. The van der Waals surface area contributed by atoms with E-state index in [0.717, 1.165) is 32.6 Å². The standard InChI is InChI=1S/C17H24N4O2S/c1-19-5-2-12(3-6-19)9-21-14-4-7-20(15(14)8-16(21)22)17(23)13-10-24-11-18-13/h10-12,14-15H,2-9H2,1H3/t14-,15+/m1/s1. The minimum Gasteiger partial charge on any atom is -0.337 e. The molecule has 0 N–H and O–H groups in total. The lowest BCUT2D eigenvalue weighted by Gasteiger charge is -2.33. The van der Waals surface area contributed by atoms with E-state index >= 15 is 0 Å². The Kier molecular flexibility index (Phi) is 4.30. The monoisotopic (exact) mass is 348 g/mol. The van der Waals surface area contributed by atoms with Crippen LogP contribution in [0, 0.1) is 5.92 Å². The summed E-state index contributed by atoms with van der Waals surface area (Å²) in [6.07, 6.45) is 3.71. The molecule has 0 radical (unpaired) electrons. The van der Waals surface area contributed by atoms with Crippen LogP contribution in [0.3, 0.4) is 0 Å². The predicted molar refractivity (Wildman–Crippen MR) is 91.9 cm³/mol. The second-order valence-corrected chi connectivity index (χ2v) is 8.01. The van der Waals surface area contributed by atoms with Crippen LogP contribution in [0.15, 0.2) is 10.9 Å². The summed E-state index contributed by atoms with van der Waals surface area (Å²) >= 11 is 1.44. The molecular formula is C17H24N4O2S. The van der Waals surface area contributed by atoms with Gasteiger partial charge >= 0.3 is 0 Å². The Morgan fingerprint density at radius 2 is 2.04 bits per heavy atom. The van der Waals surface area contributed by atoms with Crippen molar-refractivity contribution < 1.29 is 9.59 Å². The third kappa shape index (κ3) is 2.84. The average Bonchev–Trinajstić information content (AvgIpc) is 3.28. The number of carbonyl (C=O) groups excluding carboxylic acids is 2. The van der Waals surface area contributed by atoms with Crippen molar-refractivity contribution in [3.8, 4) is 0 Å². The highest BCUT2D eigenvalue weighted by Crippen LogP contribution is 2.34. The van der Waals surface area contributed by atoms with Gasteiger partial charge in [-0.15, -0.1) is 11.3 Å². The minimum atomic E-state index is -0.0160. The quantitative estimate of drug-likeness (QED) is 0.826. The molecule has 1 aromatic heterocycles. The van der Waals surface area contributed by atoms with Gasteiger partial charge in [0.05, 0.1) is 17.6 Å². The lowest BCUT2D eigenvalue weighted by molar-refractivity contribution is -0.129. The first-order chi connectivity index (χ1) is 11.6. The van der Waals surface area contributed by atoms with Gasteiger partial charge in [0.1, 0.15) is 5.69 Å². The smallest absolute Gasteiger partial charge is 0.273 e. The molecule has 3 aliphatic heterocycles. The third-order valence-electron chi connectivity index (χ3n) is 5.82. The lowest BCUT2D eigenvalue weighted by atomic mass is 9.96. The molecule has 130 valence electrons. The molecule has 3 fully saturated rings. The summed E-state index contributed by atoms with van der Waals surface area (Å²) in [7, 11) is 2.16. The number of hydrogen-bond acceptors (Lipinski definition) is 5. The van der Waals surface area contributed by atoms with Crippen molar-refractivity contribution in [1.29, 1.82) is 0 Å². The van der Waals surface area contributed by atoms with E-state index in [4.69, 9.17) is 0 Å². The fourth-order valence-corrected chi connectivity index (χ4v) is 4.93. The van der Waals surface area contributed by atoms with Crippen LogP contribution in [0.4, 0.5) is 0 Å². The van der Waals surface area contributed by atoms with Crippen LogP contribution in [-0.4, -0.2) is 76.8 Å². The van der Waals surface area contributed by atoms with E-state index in [1.54, 1.807) is 10.9 Å². The zero-order valence-electron chi connectivity index (χ0n) is 14.1. The molecule has 0 saturated carbocycles. The molecule has 0 unspecified atom stereocenters. The number of nitrogens with zero attached hydrogens (tertiary/aromatic N) is 4. The van der Waals surface area contributed by atoms with Gasteiger partial charge in [0, 0.05) is 24.9 Å². The number of thiazole rings is 1. The van der Waals surface area contributed by atoms with Crippen molar-refractivity contribution >= 4 is 23.2 Å². The highest BCUT2D eigenvalue weighted by atomic mass is 32.1. The van der Waals surface area contributed by atoms with Gasteiger partial charge in [-0.1, -0.05) is 0 Å². The number of carbonyl (C=O) groups is 2. The number of likely N-dealkylation sites (tertiary alicyclic amines) is 3. The van der Waals surface area contributed by atoms with E-state index in [2.05, 4.69) is 21.8 Å². The summed E-state index contributed by atoms with van der Waals surface area (Å²) in [5.41, 5.74) is 2.20. The van der Waals surface area contributed by atoms with E-state index in [1.165, 1.54) is 24.2 Å². The summed E-state index contributed by atoms with van der Waals surface area (Å²) in [5.74, 6) is 0.810. The van der Waals surface area contributed by atoms with E-state index < -0.39 is 0 Å². The average molecular weight is 348 g/mol. The summed E-state index contributed by atoms with van der Waals surface area (Å²) in [5, 5.41) is 1.79. The zero-order chi connectivity index (χ0) is 16.7. The summed E-state index contributed by atoms with van der Waals surface area (Å²) < 4.78 is 0. The van der Waals surface area contributed by atoms with E-state index in [-0.39, 0.29) is 23.9 Å². The molecule has 6 nitrogen and oxygen atoms in total. The SMILES string of the molecule is CN1CCC(CN2C(=O)C[C@H]3[C@H]2CCN3C(=O)c2cscn2)CC1. The summed E-state index contributed by atoms with van der Waals surface area (Å²) in [4.78, 5) is 35.6. The second-order valence-electron chi connectivity index (χ2n) is 7.29. The molecule has 3 aliphatic rings. The molecular weight excluding hydrogens is 324 g/mol. The first-order valence-electron chi connectivity index (χ1n) is 8.80. The predicted octanol–water partition coefficient (Wildman–Crippen LogP) is 1.30. The van der Waals surface area contributed by atoms with Crippen LogP contribution in [0.25, 0.3) is 0 Å². The normalized spacial score (nSPS) is 28.6. The molecule has 3 saturated heterocycles. The zero-order valence-corrected chi connectivity index (χ0v) is 14.9. The Morgan fingerprint density at radius 1 is 1.25 bits per heavy atom. The van der Waals surface area contributed by atoms with Crippen molar-refractivity contribution in [3.63, 3.8) is 0 Å². The molecule has 7 heteroatoms. The Bertz CT molecular complexity index is 612. The third-order valence-corrected chi connectivity index (χ3v) is 6.41. The van der Waals surface area contributed by atoms with Crippen molar-refractivity contribution in [3.05, 3.63) is 16.6 Å². The first-order valence-corrected chi connectivity index (χ1v) is 9.75. The van der Waals surface area contributed by atoms with Gasteiger partial charge in [-0.2, -0.15) is 0 Å². The first kappa shape index (κ1) is 16.0. The Balaban J connectivity index is 1.43. The van der Waals surface area contributed by atoms with Crippen LogP contribution >= 0.6 is 11.3 Å². The van der Waals surface area contributed by atoms with Crippen LogP contribution in [-0.2, 0) is 4.79 Å². The van der Waals surface area contributed by atoms with E-state index in [1.807, 2.05) is 4.90 Å². The van der Waals surface area contributed by atoms with Gasteiger partial charge in [-0.25, -0.2) is 4.98 Å². The molecule has 4 heterocycles. The molecule has 0 spiro atoms. The minimum absolute atomic E-state index is 0.0160. The summed E-state index contributed by atoms with van der Waals surface area (Å²) in [6.45, 7) is 3.85. The largest absolute Gasteiger partial charge is 0.337 e. The van der Waals surface area contributed by atoms with Crippen molar-refractivity contribution in [2.45, 2.75) is 37.8 Å². The van der Waals surface area contributed by atoms with Gasteiger partial charge < -0.3 is 14.7 Å². The number of piperidine rings is 1. The number of fused-ring (bicyclic) bond motifs is 1. The highest BCUT2D eigenvalue weighted by molar-refractivity contribution is 7.07. The lowest BCUT2D eigenvalue weighted by Crippen LogP contribution is -2.43. The van der Waals surface area contributed by atoms with Gasteiger partial charge in [-0.05, 0) is 45.3 Å². The van der Waals surface area contributed by atoms with Crippen molar-refractivity contribution in [1.82, 2.24) is 19.7 Å². The van der Waals surface area contributed by atoms with Crippen LogP contribution in [0.1, 0.15) is 36.2 Å². The van der Waals surface area contributed by atoms with Gasteiger partial charge in [0.15, 0.2) is 0 Å². The second kappa shape index (κ2) is 6.44. The molecule has 2 amide bonds. The van der Waals surface area contributed by atoms with E-state index in [9.17, 15) is 9.59 Å². The number of amides is 2. The molecule has 0 aliphatic carbocycles. The maximum absolute atomic E-state index is 12.6. The molecule has 1 aromatic rings. The molecule has 24 heavy (non-hydrogen) atoms. The Morgan fingerprint density at radius 3 is 2.75 bits per heavy atom. The fourth-order valence-electron chi connectivity index (χ4n) is 4.41. The highest BCUT2D eigenvalue weighted by Gasteiger charge is 2.48. The van der Waals surface area contributed by atoms with Gasteiger partial charge in [0.25, 0.3) is 5.91 Å². The van der Waals surface area contributed by atoms with Crippen molar-refractivity contribution in [2.75, 3.05) is 33.2 Å². The fraction of sp³-hybridized carbons (Fsp3) is 0.706. The van der Waals surface area contributed by atoms with Crippen LogP contribution in [0.2, 0.25) is 0 Å².